The lowest BCUT2D eigenvalue weighted by Gasteiger charge is -2.24. The van der Waals surface area contributed by atoms with Crippen LogP contribution in [0.4, 0.5) is 10.1 Å². The Bertz CT molecular complexity index is 1590. The van der Waals surface area contributed by atoms with Gasteiger partial charge in [0.2, 0.25) is 5.91 Å². The van der Waals surface area contributed by atoms with E-state index in [1.165, 1.54) is 12.1 Å². The van der Waals surface area contributed by atoms with Crippen molar-refractivity contribution in [2.45, 2.75) is 32.1 Å². The molecule has 208 valence electrons. The van der Waals surface area contributed by atoms with Crippen LogP contribution in [0.3, 0.4) is 0 Å². The highest BCUT2D eigenvalue weighted by atomic mass is 32.2. The summed E-state index contributed by atoms with van der Waals surface area (Å²) in [6.45, 7) is 0. The summed E-state index contributed by atoms with van der Waals surface area (Å²) in [5.41, 5.74) is 5.04. The van der Waals surface area contributed by atoms with Crippen LogP contribution in [0.15, 0.2) is 72.3 Å². The van der Waals surface area contributed by atoms with Crippen molar-refractivity contribution in [2.24, 2.45) is 5.92 Å². The van der Waals surface area contributed by atoms with Crippen LogP contribution in [0.25, 0.3) is 5.57 Å². The Balaban J connectivity index is 1.50. The highest BCUT2D eigenvalue weighted by Crippen LogP contribution is 2.37. The Labute approximate surface area is 234 Å². The number of rotatable bonds is 3. The average molecular weight is 562 g/mol. The molecule has 0 aromatic heterocycles. The zero-order chi connectivity index (χ0) is 28.4. The second kappa shape index (κ2) is 11.4. The van der Waals surface area contributed by atoms with Crippen molar-refractivity contribution in [1.82, 2.24) is 0 Å². The number of hydrogen-bond acceptors (Lipinski definition) is 5. The van der Waals surface area contributed by atoms with Crippen LogP contribution in [0.2, 0.25) is 0 Å². The number of benzene rings is 3. The molecule has 0 spiro atoms. The molecule has 0 unspecified atom stereocenters. The molecule has 1 aliphatic heterocycles. The number of methoxy groups -OCH3 is 1. The highest BCUT2D eigenvalue weighted by Gasteiger charge is 2.31. The van der Waals surface area contributed by atoms with Crippen molar-refractivity contribution in [3.05, 3.63) is 100 Å². The number of nitrogens with zero attached hydrogens (tertiary/aromatic N) is 1. The molecule has 0 N–H and O–H groups in total. The number of ether oxygens (including phenoxy) is 1. The van der Waals surface area contributed by atoms with Crippen molar-refractivity contribution in [3.63, 3.8) is 0 Å². The molecule has 6 nitrogen and oxygen atoms in total. The van der Waals surface area contributed by atoms with E-state index in [9.17, 15) is 22.4 Å². The van der Waals surface area contributed by atoms with Gasteiger partial charge in [0, 0.05) is 31.5 Å². The van der Waals surface area contributed by atoms with Crippen LogP contribution >= 0.6 is 0 Å². The van der Waals surface area contributed by atoms with Crippen molar-refractivity contribution in [3.8, 4) is 5.75 Å². The van der Waals surface area contributed by atoms with E-state index in [0.29, 0.717) is 47.4 Å². The van der Waals surface area contributed by atoms with Gasteiger partial charge in [0.05, 0.1) is 18.6 Å². The van der Waals surface area contributed by atoms with Gasteiger partial charge in [-0.3, -0.25) is 9.59 Å². The van der Waals surface area contributed by atoms with Gasteiger partial charge in [0.25, 0.3) is 0 Å². The van der Waals surface area contributed by atoms with E-state index in [1.54, 1.807) is 49.4 Å². The van der Waals surface area contributed by atoms with Crippen LogP contribution in [0, 0.1) is 11.7 Å². The summed E-state index contributed by atoms with van der Waals surface area (Å²) < 4.78 is 45.7. The van der Waals surface area contributed by atoms with Gasteiger partial charge in [-0.1, -0.05) is 30.3 Å². The average Bonchev–Trinajstić information content (AvgIpc) is 3.25. The number of halogens is 1. The van der Waals surface area contributed by atoms with Gasteiger partial charge in [0.1, 0.15) is 17.3 Å². The highest BCUT2D eigenvalue weighted by molar-refractivity contribution is 7.91. The summed E-state index contributed by atoms with van der Waals surface area (Å²) in [6.07, 6.45) is 0.997. The zero-order valence-corrected chi connectivity index (χ0v) is 23.5. The molecule has 3 aromatic carbocycles. The number of fused-ring (bicyclic) bond motifs is 4. The normalized spacial score (nSPS) is 18.9. The number of amides is 1. The first-order valence-electron chi connectivity index (χ1n) is 13.3. The molecule has 1 aliphatic carbocycles. The molecule has 2 bridgehead atoms. The Morgan fingerprint density at radius 3 is 2.48 bits per heavy atom. The van der Waals surface area contributed by atoms with Gasteiger partial charge in [0.15, 0.2) is 9.84 Å². The Morgan fingerprint density at radius 2 is 1.73 bits per heavy atom. The molecule has 3 aromatic rings. The molecule has 8 heteroatoms. The molecule has 40 heavy (non-hydrogen) atoms. The Hall–Kier alpha value is -3.78. The minimum absolute atomic E-state index is 0.0161. The smallest absolute Gasteiger partial charge is 0.230 e. The van der Waals surface area contributed by atoms with Crippen LogP contribution in [0.5, 0.6) is 5.75 Å². The molecule has 1 atom stereocenters. The van der Waals surface area contributed by atoms with Crippen molar-refractivity contribution < 1.29 is 27.1 Å². The molecule has 5 rings (SSSR count). The third kappa shape index (κ3) is 6.17. The number of aryl methyl sites for hydroxylation is 1. The van der Waals surface area contributed by atoms with Crippen molar-refractivity contribution in [1.29, 1.82) is 0 Å². The van der Waals surface area contributed by atoms with E-state index in [-0.39, 0.29) is 36.0 Å². The number of anilines is 1. The number of allylic oxidation sites excluding steroid dienone is 1. The monoisotopic (exact) mass is 561 g/mol. The van der Waals surface area contributed by atoms with Gasteiger partial charge in [-0.15, -0.1) is 0 Å². The SMILES string of the molecule is COc1ccc(N(C)C(=O)[C@H]2CC(=O)CC3=C(Cc4ccc(F)cc43)CS(=O)(=O)CCc3cccc(c3)C2)cc1. The third-order valence-corrected chi connectivity index (χ3v) is 9.40. The number of hydrogen-bond donors (Lipinski definition) is 0. The fraction of sp³-hybridized carbons (Fsp3) is 0.312. The molecule has 0 fully saturated rings. The van der Waals surface area contributed by atoms with Crippen molar-refractivity contribution in [2.75, 3.05) is 30.6 Å². The van der Waals surface area contributed by atoms with Gasteiger partial charge < -0.3 is 9.64 Å². The van der Waals surface area contributed by atoms with Crippen LogP contribution in [-0.2, 0) is 38.7 Å². The summed E-state index contributed by atoms with van der Waals surface area (Å²) in [5.74, 6) is -0.965. The van der Waals surface area contributed by atoms with Crippen LogP contribution in [-0.4, -0.2) is 45.8 Å². The summed E-state index contributed by atoms with van der Waals surface area (Å²) in [6, 6.07) is 19.1. The van der Waals surface area contributed by atoms with E-state index >= 15 is 0 Å². The molecule has 1 heterocycles. The predicted molar refractivity (Wildman–Crippen MR) is 154 cm³/mol. The van der Waals surface area contributed by atoms with Crippen molar-refractivity contribution >= 4 is 32.8 Å². The largest absolute Gasteiger partial charge is 0.497 e. The first-order chi connectivity index (χ1) is 19.1. The van der Waals surface area contributed by atoms with Gasteiger partial charge >= 0.3 is 0 Å². The minimum atomic E-state index is -3.47. The maximum Gasteiger partial charge on any atom is 0.230 e. The van der Waals surface area contributed by atoms with Gasteiger partial charge in [-0.25, -0.2) is 12.8 Å². The molecule has 2 aliphatic rings. The molecular weight excluding hydrogens is 529 g/mol. The van der Waals surface area contributed by atoms with E-state index in [2.05, 4.69) is 0 Å². The fourth-order valence-electron chi connectivity index (χ4n) is 5.67. The van der Waals surface area contributed by atoms with E-state index < -0.39 is 21.6 Å². The lowest BCUT2D eigenvalue weighted by atomic mass is 9.89. The molecule has 0 radical (unpaired) electrons. The Kier molecular flexibility index (Phi) is 7.90. The zero-order valence-electron chi connectivity index (χ0n) is 22.7. The van der Waals surface area contributed by atoms with Gasteiger partial charge in [-0.05, 0) is 89.1 Å². The first-order valence-corrected chi connectivity index (χ1v) is 15.2. The molecule has 1 amide bonds. The van der Waals surface area contributed by atoms with Crippen LogP contribution in [0.1, 0.15) is 35.1 Å². The quantitative estimate of drug-likeness (QED) is 0.450. The van der Waals surface area contributed by atoms with E-state index in [1.807, 2.05) is 24.3 Å². The summed E-state index contributed by atoms with van der Waals surface area (Å²) in [5, 5.41) is 0. The predicted octanol–water partition coefficient (Wildman–Crippen LogP) is 4.99. The first kappa shape index (κ1) is 27.8. The summed E-state index contributed by atoms with van der Waals surface area (Å²) >= 11 is 0. The molecule has 0 saturated heterocycles. The minimum Gasteiger partial charge on any atom is -0.497 e. The number of carbonyl (C=O) groups excluding carboxylic acids is 2. The summed E-state index contributed by atoms with van der Waals surface area (Å²) in [7, 11) is -0.197. The number of carbonyl (C=O) groups is 2. The topological polar surface area (TPSA) is 80.8 Å². The second-order valence-electron chi connectivity index (χ2n) is 10.6. The molecular formula is C32H32FNO5S. The lowest BCUT2D eigenvalue weighted by Crippen LogP contribution is -2.35. The fourth-order valence-corrected chi connectivity index (χ4v) is 7.17. The second-order valence-corrected chi connectivity index (χ2v) is 12.8. The van der Waals surface area contributed by atoms with Gasteiger partial charge in [-0.2, -0.15) is 0 Å². The number of Topliss-reactive ketones (excluding diaryl/α,β-unsaturated/α-hetero) is 1. The number of ketones is 1. The summed E-state index contributed by atoms with van der Waals surface area (Å²) in [4.78, 5) is 28.9. The lowest BCUT2D eigenvalue weighted by molar-refractivity contribution is -0.127. The maximum atomic E-state index is 14.2. The standard InChI is InChI=1S/C32H32FNO5S/c1-34(27-8-10-29(39-2)11-9-27)32(36)24-15-22-5-3-4-21(14-22)12-13-40(37,38)20-25-16-23-6-7-26(33)18-30(23)31(25)19-28(35)17-24/h3-11,14,18,24H,12-13,15-17,19-20H2,1-2H3/t24-/m1/s1. The maximum absolute atomic E-state index is 14.2. The van der Waals surface area contributed by atoms with Crippen LogP contribution < -0.4 is 9.64 Å². The Morgan fingerprint density at radius 1 is 0.975 bits per heavy atom. The van der Waals surface area contributed by atoms with E-state index in [4.69, 9.17) is 4.74 Å². The third-order valence-electron chi connectivity index (χ3n) is 7.78. The number of sulfone groups is 1. The molecule has 0 saturated carbocycles. The van der Waals surface area contributed by atoms with E-state index in [0.717, 1.165) is 16.7 Å².